The molecule has 1 heterocycles. The lowest BCUT2D eigenvalue weighted by Crippen LogP contribution is -2.13. The van der Waals surface area contributed by atoms with Crippen LogP contribution in [0.2, 0.25) is 10.0 Å². The summed E-state index contributed by atoms with van der Waals surface area (Å²) in [5, 5.41) is 1.04. The van der Waals surface area contributed by atoms with Crippen LogP contribution in [0.4, 0.5) is 5.95 Å². The fraction of sp³-hybridized carbons (Fsp3) is 0.417. The molecule has 1 atom stereocenters. The van der Waals surface area contributed by atoms with Crippen LogP contribution < -0.4 is 5.73 Å². The van der Waals surface area contributed by atoms with Crippen molar-refractivity contribution >= 4 is 51.9 Å². The molecule has 0 aliphatic carbocycles. The van der Waals surface area contributed by atoms with Crippen LogP contribution in [0.25, 0.3) is 11.0 Å². The first kappa shape index (κ1) is 13.8. The molecule has 0 saturated heterocycles. The van der Waals surface area contributed by atoms with Gasteiger partial charge in [-0.1, -0.05) is 30.1 Å². The van der Waals surface area contributed by atoms with Gasteiger partial charge in [0.1, 0.15) is 0 Å². The average Bonchev–Trinajstić information content (AvgIpc) is 2.63. The number of hydrogen-bond donors (Lipinski definition) is 1. The highest BCUT2D eigenvalue weighted by Crippen LogP contribution is 2.32. The molecule has 1 aromatic carbocycles. The minimum atomic E-state index is 0.322. The second-order valence-electron chi connectivity index (χ2n) is 4.11. The normalized spacial score (nSPS) is 13.1. The third-order valence-corrected chi connectivity index (χ3v) is 4.39. The van der Waals surface area contributed by atoms with Gasteiger partial charge in [0.25, 0.3) is 0 Å². The van der Waals surface area contributed by atoms with Crippen LogP contribution in [0.1, 0.15) is 19.4 Å². The Hall–Kier alpha value is -0.580. The van der Waals surface area contributed by atoms with Gasteiger partial charge in [0.05, 0.1) is 21.1 Å². The molecule has 0 aliphatic heterocycles. The van der Waals surface area contributed by atoms with Gasteiger partial charge in [-0.05, 0) is 24.8 Å². The summed E-state index contributed by atoms with van der Waals surface area (Å²) in [7, 11) is 0. The Morgan fingerprint density at radius 2 is 2.06 bits per heavy atom. The summed E-state index contributed by atoms with van der Waals surface area (Å²) in [6, 6.07) is 3.92. The monoisotopic (exact) mass is 303 g/mol. The maximum absolute atomic E-state index is 6.07. The summed E-state index contributed by atoms with van der Waals surface area (Å²) in [5.74, 6) is 1.51. The van der Waals surface area contributed by atoms with E-state index in [4.69, 9.17) is 28.9 Å². The quantitative estimate of drug-likeness (QED) is 0.919. The van der Waals surface area contributed by atoms with Crippen molar-refractivity contribution < 1.29 is 0 Å². The van der Waals surface area contributed by atoms with Gasteiger partial charge >= 0.3 is 0 Å². The number of halogens is 2. The maximum atomic E-state index is 6.07. The topological polar surface area (TPSA) is 43.8 Å². The lowest BCUT2D eigenvalue weighted by Gasteiger charge is -2.18. The highest BCUT2D eigenvalue weighted by Gasteiger charge is 2.17. The third-order valence-electron chi connectivity index (χ3n) is 2.95. The Kier molecular flexibility index (Phi) is 4.30. The third kappa shape index (κ3) is 2.42. The van der Waals surface area contributed by atoms with E-state index < -0.39 is 0 Å². The predicted molar refractivity (Wildman–Crippen MR) is 81.9 cm³/mol. The molecule has 0 saturated carbocycles. The maximum Gasteiger partial charge on any atom is 0.201 e. The van der Waals surface area contributed by atoms with Crippen LogP contribution in [0.5, 0.6) is 0 Å². The van der Waals surface area contributed by atoms with Crippen LogP contribution in [0.3, 0.4) is 0 Å². The number of nitrogen functional groups attached to an aromatic ring is 1. The van der Waals surface area contributed by atoms with Gasteiger partial charge in [0, 0.05) is 11.8 Å². The lowest BCUT2D eigenvalue weighted by molar-refractivity contribution is 0.561. The molecule has 1 unspecified atom stereocenters. The first-order valence-electron chi connectivity index (χ1n) is 5.69. The van der Waals surface area contributed by atoms with E-state index in [1.165, 1.54) is 0 Å². The Bertz CT molecular complexity index is 568. The van der Waals surface area contributed by atoms with E-state index >= 15 is 0 Å². The van der Waals surface area contributed by atoms with Crippen LogP contribution in [-0.2, 0) is 0 Å². The number of hydrogen-bond acceptors (Lipinski definition) is 3. The van der Waals surface area contributed by atoms with Gasteiger partial charge in [0.2, 0.25) is 5.95 Å². The molecule has 1 aromatic heterocycles. The molecule has 0 spiro atoms. The summed E-state index contributed by atoms with van der Waals surface area (Å²) in [4.78, 5) is 4.35. The van der Waals surface area contributed by atoms with E-state index in [0.717, 1.165) is 23.2 Å². The number of nitrogens with two attached hydrogens (primary N) is 1. The summed E-state index contributed by atoms with van der Waals surface area (Å²) >= 11 is 13.9. The number of nitrogens with zero attached hydrogens (tertiary/aromatic N) is 2. The number of rotatable bonds is 4. The Balaban J connectivity index is 2.62. The first-order valence-corrected chi connectivity index (χ1v) is 7.84. The van der Waals surface area contributed by atoms with Gasteiger partial charge < -0.3 is 10.3 Å². The molecule has 2 N–H and O–H groups in total. The first-order chi connectivity index (χ1) is 8.58. The molecular weight excluding hydrogens is 289 g/mol. The summed E-state index contributed by atoms with van der Waals surface area (Å²) in [5.41, 5.74) is 7.76. The minimum absolute atomic E-state index is 0.322. The van der Waals surface area contributed by atoms with E-state index in [-0.39, 0.29) is 0 Å². The smallest absolute Gasteiger partial charge is 0.201 e. The van der Waals surface area contributed by atoms with Gasteiger partial charge in [-0.3, -0.25) is 0 Å². The lowest BCUT2D eigenvalue weighted by atomic mass is 10.2. The molecule has 2 aromatic rings. The molecule has 3 nitrogen and oxygen atoms in total. The molecule has 0 radical (unpaired) electrons. The number of benzene rings is 1. The second kappa shape index (κ2) is 5.59. The Morgan fingerprint density at radius 3 is 2.67 bits per heavy atom. The van der Waals surface area contributed by atoms with Crippen LogP contribution >= 0.6 is 35.0 Å². The Labute approximate surface area is 121 Å². The van der Waals surface area contributed by atoms with E-state index in [1.54, 1.807) is 17.8 Å². The van der Waals surface area contributed by atoms with Gasteiger partial charge in [-0.25, -0.2) is 4.98 Å². The second-order valence-corrected chi connectivity index (χ2v) is 5.84. The number of thioether (sulfide) groups is 1. The zero-order chi connectivity index (χ0) is 13.3. The van der Waals surface area contributed by atoms with Crippen LogP contribution in [0.15, 0.2) is 12.1 Å². The summed E-state index contributed by atoms with van der Waals surface area (Å²) in [6.07, 6.45) is 3.08. The van der Waals surface area contributed by atoms with E-state index in [9.17, 15) is 0 Å². The predicted octanol–water partition coefficient (Wildman–Crippen LogP) is 4.24. The van der Waals surface area contributed by atoms with Crippen LogP contribution in [0, 0.1) is 0 Å². The summed E-state index contributed by atoms with van der Waals surface area (Å²) in [6.45, 7) is 2.14. The summed E-state index contributed by atoms with van der Waals surface area (Å²) < 4.78 is 2.05. The van der Waals surface area contributed by atoms with Crippen LogP contribution in [-0.4, -0.2) is 21.6 Å². The molecule has 98 valence electrons. The van der Waals surface area contributed by atoms with Crippen molar-refractivity contribution in [2.45, 2.75) is 19.4 Å². The van der Waals surface area contributed by atoms with Crippen molar-refractivity contribution in [3.63, 3.8) is 0 Å². The average molecular weight is 304 g/mol. The molecule has 0 amide bonds. The fourth-order valence-electron chi connectivity index (χ4n) is 2.06. The zero-order valence-corrected chi connectivity index (χ0v) is 12.6. The van der Waals surface area contributed by atoms with E-state index in [1.807, 2.05) is 10.6 Å². The molecule has 18 heavy (non-hydrogen) atoms. The SMILES string of the molecule is CCC(CSC)n1c(N)nc2cc(Cl)c(Cl)cc21. The molecule has 0 bridgehead atoms. The fourth-order valence-corrected chi connectivity index (χ4v) is 3.15. The van der Waals surface area contributed by atoms with Crippen molar-refractivity contribution in [3.05, 3.63) is 22.2 Å². The van der Waals surface area contributed by atoms with Crippen molar-refractivity contribution in [2.75, 3.05) is 17.7 Å². The molecule has 2 rings (SSSR count). The number of imidazole rings is 1. The minimum Gasteiger partial charge on any atom is -0.369 e. The highest BCUT2D eigenvalue weighted by molar-refractivity contribution is 7.98. The molecule has 0 fully saturated rings. The van der Waals surface area contributed by atoms with Crippen molar-refractivity contribution in [1.29, 1.82) is 0 Å². The standard InChI is InChI=1S/C12H15Cl2N3S/c1-3-7(6-18-2)17-11-5-9(14)8(13)4-10(11)16-12(17)15/h4-5,7H,3,6H2,1-2H3,(H2,15,16). The molecular formula is C12H15Cl2N3S. The molecule has 6 heteroatoms. The number of fused-ring (bicyclic) bond motifs is 1. The molecule has 0 aliphatic rings. The highest BCUT2D eigenvalue weighted by atomic mass is 35.5. The Morgan fingerprint density at radius 1 is 1.39 bits per heavy atom. The van der Waals surface area contributed by atoms with Gasteiger partial charge in [0.15, 0.2) is 0 Å². The van der Waals surface area contributed by atoms with E-state index in [2.05, 4.69) is 18.2 Å². The van der Waals surface area contributed by atoms with Crippen molar-refractivity contribution in [2.24, 2.45) is 0 Å². The number of aromatic nitrogens is 2. The van der Waals surface area contributed by atoms with Crippen molar-refractivity contribution in [3.8, 4) is 0 Å². The van der Waals surface area contributed by atoms with Gasteiger partial charge in [-0.15, -0.1) is 0 Å². The largest absolute Gasteiger partial charge is 0.369 e. The zero-order valence-electron chi connectivity index (χ0n) is 10.3. The van der Waals surface area contributed by atoms with Crippen molar-refractivity contribution in [1.82, 2.24) is 9.55 Å². The van der Waals surface area contributed by atoms with Gasteiger partial charge in [-0.2, -0.15) is 11.8 Å². The number of anilines is 1. The van der Waals surface area contributed by atoms with E-state index in [0.29, 0.717) is 22.0 Å².